The Labute approximate surface area is 178 Å². The van der Waals surface area contributed by atoms with Crippen LogP contribution in [0, 0.1) is 0 Å². The Morgan fingerprint density at radius 3 is 2.73 bits per heavy atom. The van der Waals surface area contributed by atoms with Crippen LogP contribution in [0.5, 0.6) is 17.2 Å². The van der Waals surface area contributed by atoms with E-state index >= 15 is 0 Å². The molecule has 2 heterocycles. The second-order valence-corrected chi connectivity index (χ2v) is 7.74. The average molecular weight is 427 g/mol. The average Bonchev–Trinajstić information content (AvgIpc) is 3.08. The zero-order valence-electron chi connectivity index (χ0n) is 16.3. The minimum Gasteiger partial charge on any atom is -0.494 e. The maximum Gasteiger partial charge on any atom is 0.240 e. The highest BCUT2D eigenvalue weighted by Crippen LogP contribution is 2.34. The number of carbonyl (C=O) groups excluding carboxylic acids is 2. The molecule has 1 fully saturated rings. The van der Waals surface area contributed by atoms with Crippen molar-refractivity contribution < 1.29 is 23.8 Å². The number of ether oxygens (including phenoxy) is 3. The molecule has 30 heavy (non-hydrogen) atoms. The number of thioether (sulfide) groups is 1. The topological polar surface area (TPSA) is 98.2 Å². The summed E-state index contributed by atoms with van der Waals surface area (Å²) in [5.74, 6) is 1.56. The molecule has 0 radical (unpaired) electrons. The van der Waals surface area contributed by atoms with E-state index in [0.717, 1.165) is 5.75 Å². The van der Waals surface area contributed by atoms with Gasteiger partial charge in [-0.2, -0.15) is 0 Å². The lowest BCUT2D eigenvalue weighted by molar-refractivity contribution is -0.122. The normalized spacial score (nSPS) is 18.8. The molecule has 0 aromatic heterocycles. The van der Waals surface area contributed by atoms with E-state index in [4.69, 9.17) is 14.2 Å². The Bertz CT molecular complexity index is 977. The van der Waals surface area contributed by atoms with Gasteiger partial charge in [0.2, 0.25) is 11.8 Å². The van der Waals surface area contributed by atoms with Gasteiger partial charge in [-0.15, -0.1) is 0 Å². The van der Waals surface area contributed by atoms with Crippen LogP contribution in [0.3, 0.4) is 0 Å². The van der Waals surface area contributed by atoms with E-state index in [1.807, 2.05) is 6.92 Å². The predicted molar refractivity (Wildman–Crippen MR) is 115 cm³/mol. The SMILES string of the molecule is CCOc1ccc(NC(=O)CC2SC(=Nc3ccc4c(c3)OCCO4)NC2=O)cc1. The van der Waals surface area contributed by atoms with Crippen LogP contribution in [0.1, 0.15) is 13.3 Å². The van der Waals surface area contributed by atoms with E-state index in [0.29, 0.717) is 47.9 Å². The fourth-order valence-electron chi connectivity index (χ4n) is 2.99. The molecule has 0 aliphatic carbocycles. The molecule has 2 aromatic carbocycles. The van der Waals surface area contributed by atoms with Gasteiger partial charge in [0.1, 0.15) is 24.2 Å². The number of anilines is 1. The van der Waals surface area contributed by atoms with Crippen LogP contribution in [-0.2, 0) is 9.59 Å². The summed E-state index contributed by atoms with van der Waals surface area (Å²) in [6.07, 6.45) is 0.0455. The summed E-state index contributed by atoms with van der Waals surface area (Å²) >= 11 is 1.24. The Balaban J connectivity index is 1.35. The molecule has 0 spiro atoms. The quantitative estimate of drug-likeness (QED) is 0.735. The van der Waals surface area contributed by atoms with Gasteiger partial charge in [-0.25, -0.2) is 4.99 Å². The van der Waals surface area contributed by atoms with Gasteiger partial charge in [-0.3, -0.25) is 9.59 Å². The monoisotopic (exact) mass is 427 g/mol. The molecule has 0 bridgehead atoms. The van der Waals surface area contributed by atoms with Crippen LogP contribution in [-0.4, -0.2) is 42.1 Å². The fourth-order valence-corrected chi connectivity index (χ4v) is 3.98. The summed E-state index contributed by atoms with van der Waals surface area (Å²) < 4.78 is 16.4. The molecule has 2 aromatic rings. The van der Waals surface area contributed by atoms with Crippen molar-refractivity contribution in [1.82, 2.24) is 5.32 Å². The first kappa shape index (κ1) is 20.1. The summed E-state index contributed by atoms with van der Waals surface area (Å²) in [6.45, 7) is 3.50. The summed E-state index contributed by atoms with van der Waals surface area (Å²) in [4.78, 5) is 29.1. The first-order valence-corrected chi connectivity index (χ1v) is 10.5. The molecule has 156 valence electrons. The largest absolute Gasteiger partial charge is 0.494 e. The minimum atomic E-state index is -0.538. The van der Waals surface area contributed by atoms with Crippen LogP contribution in [0.15, 0.2) is 47.5 Å². The third-order valence-electron chi connectivity index (χ3n) is 4.35. The summed E-state index contributed by atoms with van der Waals surface area (Å²) in [7, 11) is 0. The van der Waals surface area contributed by atoms with Gasteiger partial charge in [-0.1, -0.05) is 11.8 Å². The Morgan fingerprint density at radius 1 is 1.20 bits per heavy atom. The molecule has 8 nitrogen and oxygen atoms in total. The van der Waals surface area contributed by atoms with E-state index < -0.39 is 5.25 Å². The van der Waals surface area contributed by atoms with E-state index in [-0.39, 0.29) is 18.2 Å². The number of aliphatic imine (C=N–C) groups is 1. The van der Waals surface area contributed by atoms with Gasteiger partial charge in [0.15, 0.2) is 16.7 Å². The van der Waals surface area contributed by atoms with Crippen LogP contribution >= 0.6 is 11.8 Å². The zero-order valence-corrected chi connectivity index (χ0v) is 17.2. The Hall–Kier alpha value is -3.20. The molecule has 2 amide bonds. The first-order valence-electron chi connectivity index (χ1n) is 9.59. The van der Waals surface area contributed by atoms with Crippen LogP contribution in [0.4, 0.5) is 11.4 Å². The van der Waals surface area contributed by atoms with E-state index in [2.05, 4.69) is 15.6 Å². The zero-order chi connectivity index (χ0) is 20.9. The van der Waals surface area contributed by atoms with Crippen molar-refractivity contribution in [2.75, 3.05) is 25.1 Å². The first-order chi connectivity index (χ1) is 14.6. The van der Waals surface area contributed by atoms with Gasteiger partial charge >= 0.3 is 0 Å². The lowest BCUT2D eigenvalue weighted by Crippen LogP contribution is -2.28. The predicted octanol–water partition coefficient (Wildman–Crippen LogP) is 3.10. The van der Waals surface area contributed by atoms with E-state index in [9.17, 15) is 9.59 Å². The molecule has 1 unspecified atom stereocenters. The van der Waals surface area contributed by atoms with Gasteiger partial charge in [0, 0.05) is 18.2 Å². The maximum absolute atomic E-state index is 12.3. The molecule has 1 saturated heterocycles. The van der Waals surface area contributed by atoms with Crippen molar-refractivity contribution in [1.29, 1.82) is 0 Å². The van der Waals surface area contributed by atoms with Gasteiger partial charge in [-0.05, 0) is 43.3 Å². The molecule has 1 atom stereocenters. The lowest BCUT2D eigenvalue weighted by Gasteiger charge is -2.18. The standard InChI is InChI=1S/C21H21N3O5S/c1-2-27-15-6-3-13(4-7-15)22-19(25)12-18-20(26)24-21(30-18)23-14-5-8-16-17(11-14)29-10-9-28-16/h3-8,11,18H,2,9-10,12H2,1H3,(H,22,25)(H,23,24,26). The second kappa shape index (κ2) is 9.08. The number of benzene rings is 2. The lowest BCUT2D eigenvalue weighted by atomic mass is 10.2. The van der Waals surface area contributed by atoms with Gasteiger partial charge in [0.05, 0.1) is 12.3 Å². The molecule has 2 N–H and O–H groups in total. The minimum absolute atomic E-state index is 0.0455. The highest BCUT2D eigenvalue weighted by atomic mass is 32.2. The van der Waals surface area contributed by atoms with Crippen molar-refractivity contribution >= 4 is 40.1 Å². The fraction of sp³-hybridized carbons (Fsp3) is 0.286. The van der Waals surface area contributed by atoms with E-state index in [1.165, 1.54) is 11.8 Å². The molecule has 2 aliphatic heterocycles. The third-order valence-corrected chi connectivity index (χ3v) is 5.43. The van der Waals surface area contributed by atoms with Crippen molar-refractivity contribution in [3.8, 4) is 17.2 Å². The van der Waals surface area contributed by atoms with E-state index in [1.54, 1.807) is 42.5 Å². The Kier molecular flexibility index (Phi) is 6.08. The molecule has 9 heteroatoms. The van der Waals surface area contributed by atoms with Crippen molar-refractivity contribution in [2.45, 2.75) is 18.6 Å². The number of nitrogens with one attached hydrogen (secondary N) is 2. The van der Waals surface area contributed by atoms with Crippen LogP contribution < -0.4 is 24.8 Å². The third kappa shape index (κ3) is 4.85. The van der Waals surface area contributed by atoms with Crippen LogP contribution in [0.25, 0.3) is 0 Å². The number of hydrogen-bond acceptors (Lipinski definition) is 7. The Morgan fingerprint density at radius 2 is 1.97 bits per heavy atom. The summed E-state index contributed by atoms with van der Waals surface area (Å²) in [5, 5.41) is 5.44. The second-order valence-electron chi connectivity index (χ2n) is 6.55. The number of fused-ring (bicyclic) bond motifs is 1. The molecular weight excluding hydrogens is 406 g/mol. The highest BCUT2D eigenvalue weighted by Gasteiger charge is 2.32. The highest BCUT2D eigenvalue weighted by molar-refractivity contribution is 8.15. The number of carbonyl (C=O) groups is 2. The summed E-state index contributed by atoms with van der Waals surface area (Å²) in [6, 6.07) is 12.4. The van der Waals surface area contributed by atoms with Crippen molar-refractivity contribution in [3.63, 3.8) is 0 Å². The van der Waals surface area contributed by atoms with Crippen molar-refractivity contribution in [2.24, 2.45) is 4.99 Å². The molecule has 2 aliphatic rings. The molecule has 4 rings (SSSR count). The van der Waals surface area contributed by atoms with Crippen LogP contribution in [0.2, 0.25) is 0 Å². The summed E-state index contributed by atoms with van der Waals surface area (Å²) in [5.41, 5.74) is 1.29. The number of hydrogen-bond donors (Lipinski definition) is 2. The molecule has 0 saturated carbocycles. The van der Waals surface area contributed by atoms with Crippen molar-refractivity contribution in [3.05, 3.63) is 42.5 Å². The van der Waals surface area contributed by atoms with Gasteiger partial charge < -0.3 is 24.8 Å². The number of amides is 2. The molecular formula is C21H21N3O5S. The maximum atomic E-state index is 12.3. The smallest absolute Gasteiger partial charge is 0.240 e. The number of nitrogens with zero attached hydrogens (tertiary/aromatic N) is 1. The van der Waals surface area contributed by atoms with Gasteiger partial charge in [0.25, 0.3) is 0 Å². The number of amidine groups is 1. The number of rotatable bonds is 6.